The Balaban J connectivity index is 2.41. The highest BCUT2D eigenvalue weighted by atomic mass is 79.9. The first-order valence-corrected chi connectivity index (χ1v) is 6.89. The van der Waals surface area contributed by atoms with Crippen LogP contribution in [0.1, 0.15) is 5.56 Å². The number of pyridine rings is 1. The first-order valence-electron chi connectivity index (χ1n) is 5.28. The molecule has 20 heavy (non-hydrogen) atoms. The Kier molecular flexibility index (Phi) is 4.56. The van der Waals surface area contributed by atoms with E-state index in [-0.39, 0.29) is 16.3 Å². The molecule has 2 aromatic rings. The Morgan fingerprint density at radius 2 is 2.00 bits per heavy atom. The van der Waals surface area contributed by atoms with Crippen LogP contribution in [0, 0.1) is 11.6 Å². The van der Waals surface area contributed by atoms with E-state index in [1.165, 1.54) is 6.20 Å². The van der Waals surface area contributed by atoms with E-state index < -0.39 is 11.6 Å². The van der Waals surface area contributed by atoms with Gasteiger partial charge in [0.05, 0.1) is 9.37 Å². The van der Waals surface area contributed by atoms with E-state index in [1.807, 2.05) is 0 Å². The third-order valence-electron chi connectivity index (χ3n) is 2.33. The fourth-order valence-electron chi connectivity index (χ4n) is 1.41. The Hall–Kier alpha value is -1.67. The first-order chi connectivity index (χ1) is 9.52. The van der Waals surface area contributed by atoms with Gasteiger partial charge in [-0.05, 0) is 40.2 Å². The van der Waals surface area contributed by atoms with E-state index >= 15 is 0 Å². The number of hydrogen-bond donors (Lipinski definition) is 2. The van der Waals surface area contributed by atoms with Gasteiger partial charge in [-0.2, -0.15) is 0 Å². The second-order valence-corrected chi connectivity index (χ2v) is 5.50. The van der Waals surface area contributed by atoms with Crippen LogP contribution >= 0.6 is 27.7 Å². The molecule has 1 aromatic heterocycles. The largest absolute Gasteiger partial charge is 0.409 e. The summed E-state index contributed by atoms with van der Waals surface area (Å²) >= 11 is 4.10. The first kappa shape index (κ1) is 14.7. The van der Waals surface area contributed by atoms with Crippen molar-refractivity contribution in [3.8, 4) is 0 Å². The molecule has 0 saturated heterocycles. The van der Waals surface area contributed by atoms with Gasteiger partial charge in [-0.25, -0.2) is 13.8 Å². The van der Waals surface area contributed by atoms with Gasteiger partial charge < -0.3 is 10.9 Å². The Morgan fingerprint density at radius 3 is 2.55 bits per heavy atom. The zero-order valence-electron chi connectivity index (χ0n) is 9.85. The molecule has 1 aromatic carbocycles. The molecule has 0 bridgehead atoms. The molecule has 0 aliphatic rings. The topological polar surface area (TPSA) is 71.5 Å². The van der Waals surface area contributed by atoms with E-state index in [1.54, 1.807) is 12.1 Å². The molecular formula is C12H8BrF2N3OS. The molecule has 1 heterocycles. The highest BCUT2D eigenvalue weighted by molar-refractivity contribution is 9.10. The third-order valence-corrected chi connectivity index (χ3v) is 4.34. The lowest BCUT2D eigenvalue weighted by Gasteiger charge is -2.07. The minimum absolute atomic E-state index is 0.0352. The van der Waals surface area contributed by atoms with Gasteiger partial charge in [-0.1, -0.05) is 16.9 Å². The maximum atomic E-state index is 13.9. The van der Waals surface area contributed by atoms with Gasteiger partial charge in [-0.15, -0.1) is 0 Å². The molecule has 8 heteroatoms. The van der Waals surface area contributed by atoms with Crippen molar-refractivity contribution in [3.05, 3.63) is 52.1 Å². The molecule has 0 aliphatic carbocycles. The predicted octanol–water partition coefficient (Wildman–Crippen LogP) is 3.37. The molecule has 0 amide bonds. The summed E-state index contributed by atoms with van der Waals surface area (Å²) in [5, 5.41) is 11.6. The second-order valence-electron chi connectivity index (χ2n) is 3.65. The van der Waals surface area contributed by atoms with Crippen molar-refractivity contribution >= 4 is 33.5 Å². The fourth-order valence-corrected chi connectivity index (χ4v) is 2.69. The number of aromatic nitrogens is 1. The van der Waals surface area contributed by atoms with Crippen molar-refractivity contribution in [1.82, 2.24) is 4.98 Å². The number of rotatable bonds is 3. The average Bonchev–Trinajstić information content (AvgIpc) is 2.43. The van der Waals surface area contributed by atoms with Crippen molar-refractivity contribution in [1.29, 1.82) is 0 Å². The zero-order chi connectivity index (χ0) is 14.7. The zero-order valence-corrected chi connectivity index (χ0v) is 12.3. The summed E-state index contributed by atoms with van der Waals surface area (Å²) in [7, 11) is 0. The summed E-state index contributed by atoms with van der Waals surface area (Å²) < 4.78 is 28.5. The van der Waals surface area contributed by atoms with Gasteiger partial charge in [0.1, 0.15) is 16.7 Å². The van der Waals surface area contributed by atoms with Gasteiger partial charge in [0.2, 0.25) is 0 Å². The fraction of sp³-hybridized carbons (Fsp3) is 0. The standard InChI is InChI=1S/C12H8BrF2N3OS/c13-7-2-1-3-17-12(7)20-10-8(14)4-6(5-9(10)15)11(16)18-19/h1-5,19H,(H2,16,18). The van der Waals surface area contributed by atoms with Gasteiger partial charge in [-0.3, -0.25) is 0 Å². The number of hydrogen-bond acceptors (Lipinski definition) is 4. The number of oxime groups is 1. The normalized spacial score (nSPS) is 11.7. The van der Waals surface area contributed by atoms with Crippen molar-refractivity contribution < 1.29 is 14.0 Å². The molecule has 4 nitrogen and oxygen atoms in total. The minimum atomic E-state index is -0.811. The van der Waals surface area contributed by atoms with E-state index in [2.05, 4.69) is 26.1 Å². The van der Waals surface area contributed by atoms with Crippen LogP contribution in [0.25, 0.3) is 0 Å². The number of amidine groups is 1. The number of nitrogens with two attached hydrogens (primary N) is 1. The number of benzene rings is 1. The summed E-state index contributed by atoms with van der Waals surface area (Å²) in [6, 6.07) is 5.41. The SMILES string of the molecule is N/C(=N/O)c1cc(F)c(Sc2ncccc2Br)c(F)c1. The highest BCUT2D eigenvalue weighted by Gasteiger charge is 2.16. The molecule has 3 N–H and O–H groups in total. The van der Waals surface area contributed by atoms with Crippen molar-refractivity contribution in [2.24, 2.45) is 10.9 Å². The lowest BCUT2D eigenvalue weighted by atomic mass is 10.2. The van der Waals surface area contributed by atoms with Gasteiger partial charge >= 0.3 is 0 Å². The van der Waals surface area contributed by atoms with Gasteiger partial charge in [0, 0.05) is 11.8 Å². The lowest BCUT2D eigenvalue weighted by Crippen LogP contribution is -2.14. The van der Waals surface area contributed by atoms with Crippen LogP contribution < -0.4 is 5.73 Å². The molecular weight excluding hydrogens is 352 g/mol. The summed E-state index contributed by atoms with van der Waals surface area (Å²) in [4.78, 5) is 3.81. The van der Waals surface area contributed by atoms with Crippen LogP contribution in [-0.2, 0) is 0 Å². The third kappa shape index (κ3) is 3.07. The van der Waals surface area contributed by atoms with E-state index in [0.29, 0.717) is 9.50 Å². The minimum Gasteiger partial charge on any atom is -0.409 e. The van der Waals surface area contributed by atoms with E-state index in [4.69, 9.17) is 10.9 Å². The Morgan fingerprint density at radius 1 is 1.35 bits per heavy atom. The van der Waals surface area contributed by atoms with Gasteiger partial charge in [0.15, 0.2) is 5.84 Å². The summed E-state index contributed by atoms with van der Waals surface area (Å²) in [5.74, 6) is -1.98. The highest BCUT2D eigenvalue weighted by Crippen LogP contribution is 2.35. The van der Waals surface area contributed by atoms with Crippen LogP contribution in [0.15, 0.2) is 50.0 Å². The molecule has 104 valence electrons. The van der Waals surface area contributed by atoms with Crippen LogP contribution in [-0.4, -0.2) is 16.0 Å². The summed E-state index contributed by atoms with van der Waals surface area (Å²) in [6.45, 7) is 0. The van der Waals surface area contributed by atoms with Crippen LogP contribution in [0.5, 0.6) is 0 Å². The average molecular weight is 360 g/mol. The predicted molar refractivity (Wildman–Crippen MR) is 74.9 cm³/mol. The van der Waals surface area contributed by atoms with E-state index in [9.17, 15) is 8.78 Å². The second kappa shape index (κ2) is 6.19. The smallest absolute Gasteiger partial charge is 0.170 e. The molecule has 0 fully saturated rings. The Bertz CT molecular complexity index is 658. The number of halogens is 3. The molecule has 2 rings (SSSR count). The van der Waals surface area contributed by atoms with Crippen LogP contribution in [0.3, 0.4) is 0 Å². The summed E-state index contributed by atoms with van der Waals surface area (Å²) in [6.07, 6.45) is 1.52. The van der Waals surface area contributed by atoms with Crippen LogP contribution in [0.2, 0.25) is 0 Å². The van der Waals surface area contributed by atoms with Crippen molar-refractivity contribution in [3.63, 3.8) is 0 Å². The Labute approximate surface area is 125 Å². The molecule has 0 radical (unpaired) electrons. The maximum Gasteiger partial charge on any atom is 0.170 e. The monoisotopic (exact) mass is 359 g/mol. The van der Waals surface area contributed by atoms with Crippen LogP contribution in [0.4, 0.5) is 8.78 Å². The molecule has 0 unspecified atom stereocenters. The molecule has 0 spiro atoms. The molecule has 0 atom stereocenters. The van der Waals surface area contributed by atoms with Gasteiger partial charge in [0.25, 0.3) is 0 Å². The van der Waals surface area contributed by atoms with Crippen molar-refractivity contribution in [2.75, 3.05) is 0 Å². The molecule has 0 aliphatic heterocycles. The lowest BCUT2D eigenvalue weighted by molar-refractivity contribution is 0.318. The van der Waals surface area contributed by atoms with E-state index in [0.717, 1.165) is 23.9 Å². The molecule has 0 saturated carbocycles. The number of nitrogens with zero attached hydrogens (tertiary/aromatic N) is 2. The summed E-state index contributed by atoms with van der Waals surface area (Å²) in [5.41, 5.74) is 5.26. The maximum absolute atomic E-state index is 13.9. The van der Waals surface area contributed by atoms with Crippen molar-refractivity contribution in [2.45, 2.75) is 9.92 Å². The quantitative estimate of drug-likeness (QED) is 0.381.